The molecule has 0 aliphatic rings. The lowest BCUT2D eigenvalue weighted by Crippen LogP contribution is -2.28. The molecule has 0 saturated carbocycles. The number of carbonyl (C=O) groups is 1. The summed E-state index contributed by atoms with van der Waals surface area (Å²) in [6, 6.07) is 12.2. The molecule has 0 aliphatic heterocycles. The molecule has 3 rings (SSSR count). The first-order valence-corrected chi connectivity index (χ1v) is 8.06. The maximum atomic E-state index is 12.2. The van der Waals surface area contributed by atoms with Crippen LogP contribution in [0.1, 0.15) is 11.3 Å². The third-order valence-corrected chi connectivity index (χ3v) is 3.86. The van der Waals surface area contributed by atoms with E-state index in [4.69, 9.17) is 0 Å². The van der Waals surface area contributed by atoms with Crippen molar-refractivity contribution in [3.63, 3.8) is 0 Å². The summed E-state index contributed by atoms with van der Waals surface area (Å²) >= 11 is 0. The number of aromatic nitrogens is 1. The predicted molar refractivity (Wildman–Crippen MR) is 95.5 cm³/mol. The van der Waals surface area contributed by atoms with Crippen molar-refractivity contribution in [1.82, 2.24) is 10.3 Å². The normalized spacial score (nSPS) is 11.3. The molecule has 3 aromatic rings. The van der Waals surface area contributed by atoms with Crippen LogP contribution in [-0.4, -0.2) is 17.4 Å². The molecule has 0 fully saturated rings. The van der Waals surface area contributed by atoms with Gasteiger partial charge in [0.2, 0.25) is 0 Å². The van der Waals surface area contributed by atoms with Crippen molar-refractivity contribution in [3.05, 3.63) is 66.0 Å². The van der Waals surface area contributed by atoms with Crippen LogP contribution < -0.4 is 15.4 Å². The van der Waals surface area contributed by atoms with Crippen LogP contribution in [0.3, 0.4) is 0 Å². The fourth-order valence-electron chi connectivity index (χ4n) is 2.62. The van der Waals surface area contributed by atoms with Crippen LogP contribution in [0.15, 0.2) is 54.7 Å². The standard InChI is InChI=1S/C19H16F3N3O2/c1-12-15-3-2-4-17(16(15)9-10-23-12)25-18(26)24-11-13-5-7-14(8-6-13)27-19(20,21)22/h2-10H,11H2,1H3,(H2,24,25,26). The second-order valence-electron chi connectivity index (χ2n) is 5.80. The van der Waals surface area contributed by atoms with E-state index in [-0.39, 0.29) is 12.3 Å². The molecule has 1 heterocycles. The van der Waals surface area contributed by atoms with Gasteiger partial charge in [0.1, 0.15) is 5.75 Å². The second kappa shape index (κ2) is 7.53. The Hall–Kier alpha value is -3.29. The molecule has 0 unspecified atom stereocenters. The van der Waals surface area contributed by atoms with Gasteiger partial charge in [-0.3, -0.25) is 4.98 Å². The van der Waals surface area contributed by atoms with E-state index in [1.54, 1.807) is 12.3 Å². The van der Waals surface area contributed by atoms with Crippen molar-refractivity contribution in [1.29, 1.82) is 0 Å². The minimum atomic E-state index is -4.73. The Morgan fingerprint density at radius 2 is 1.81 bits per heavy atom. The van der Waals surface area contributed by atoms with Gasteiger partial charge in [0, 0.05) is 29.2 Å². The molecule has 5 nitrogen and oxygen atoms in total. The van der Waals surface area contributed by atoms with Crippen molar-refractivity contribution >= 4 is 22.5 Å². The molecule has 140 valence electrons. The highest BCUT2D eigenvalue weighted by Crippen LogP contribution is 2.25. The maximum Gasteiger partial charge on any atom is 0.573 e. The zero-order valence-electron chi connectivity index (χ0n) is 14.3. The molecule has 1 aromatic heterocycles. The van der Waals surface area contributed by atoms with Crippen LogP contribution in [0, 0.1) is 6.92 Å². The highest BCUT2D eigenvalue weighted by Gasteiger charge is 2.30. The SMILES string of the molecule is Cc1nccc2c(NC(=O)NCc3ccc(OC(F)(F)F)cc3)cccc12. The van der Waals surface area contributed by atoms with Gasteiger partial charge in [-0.25, -0.2) is 4.79 Å². The summed E-state index contributed by atoms with van der Waals surface area (Å²) in [5.74, 6) is -0.310. The first-order chi connectivity index (χ1) is 12.8. The number of rotatable bonds is 4. The van der Waals surface area contributed by atoms with Gasteiger partial charge in [0.25, 0.3) is 0 Å². The number of nitrogens with zero attached hydrogens (tertiary/aromatic N) is 1. The van der Waals surface area contributed by atoms with E-state index < -0.39 is 12.4 Å². The maximum absolute atomic E-state index is 12.2. The molecule has 2 amide bonds. The Morgan fingerprint density at radius 1 is 1.07 bits per heavy atom. The van der Waals surface area contributed by atoms with E-state index in [0.29, 0.717) is 11.3 Å². The predicted octanol–water partition coefficient (Wildman–Crippen LogP) is 4.76. The number of amides is 2. The lowest BCUT2D eigenvalue weighted by atomic mass is 10.1. The topological polar surface area (TPSA) is 63.2 Å². The molecule has 0 atom stereocenters. The minimum Gasteiger partial charge on any atom is -0.406 e. The van der Waals surface area contributed by atoms with E-state index in [1.165, 1.54) is 24.3 Å². The quantitative estimate of drug-likeness (QED) is 0.691. The zero-order chi connectivity index (χ0) is 19.4. The number of benzene rings is 2. The van der Waals surface area contributed by atoms with Crippen LogP contribution in [0.25, 0.3) is 10.8 Å². The van der Waals surface area contributed by atoms with Crippen LogP contribution in [0.2, 0.25) is 0 Å². The third kappa shape index (κ3) is 4.87. The monoisotopic (exact) mass is 375 g/mol. The number of carbonyl (C=O) groups excluding carboxylic acids is 1. The van der Waals surface area contributed by atoms with Crippen LogP contribution in [0.4, 0.5) is 23.7 Å². The first kappa shape index (κ1) is 18.5. The summed E-state index contributed by atoms with van der Waals surface area (Å²) in [4.78, 5) is 16.4. The van der Waals surface area contributed by atoms with Gasteiger partial charge in [-0.15, -0.1) is 13.2 Å². The van der Waals surface area contributed by atoms with E-state index in [2.05, 4.69) is 20.4 Å². The van der Waals surface area contributed by atoms with Crippen molar-refractivity contribution < 1.29 is 22.7 Å². The average Bonchev–Trinajstić information content (AvgIpc) is 2.61. The number of ether oxygens (including phenoxy) is 1. The van der Waals surface area contributed by atoms with Crippen molar-refractivity contribution in [2.45, 2.75) is 19.8 Å². The Labute approximate surface area is 153 Å². The van der Waals surface area contributed by atoms with Gasteiger partial charge in [-0.1, -0.05) is 24.3 Å². The van der Waals surface area contributed by atoms with Gasteiger partial charge in [0.15, 0.2) is 0 Å². The molecule has 0 spiro atoms. The summed E-state index contributed by atoms with van der Waals surface area (Å²) < 4.78 is 40.2. The highest BCUT2D eigenvalue weighted by molar-refractivity contribution is 6.02. The summed E-state index contributed by atoms with van der Waals surface area (Å²) in [6.07, 6.45) is -3.06. The number of urea groups is 1. The van der Waals surface area contributed by atoms with Crippen molar-refractivity contribution in [3.8, 4) is 5.75 Å². The fourth-order valence-corrected chi connectivity index (χ4v) is 2.62. The van der Waals surface area contributed by atoms with Crippen LogP contribution in [0.5, 0.6) is 5.75 Å². The Kier molecular flexibility index (Phi) is 5.16. The zero-order valence-corrected chi connectivity index (χ0v) is 14.3. The van der Waals surface area contributed by atoms with Crippen molar-refractivity contribution in [2.24, 2.45) is 0 Å². The lowest BCUT2D eigenvalue weighted by Gasteiger charge is -2.12. The first-order valence-electron chi connectivity index (χ1n) is 8.06. The second-order valence-corrected chi connectivity index (χ2v) is 5.80. The van der Waals surface area contributed by atoms with E-state index in [0.717, 1.165) is 16.5 Å². The van der Waals surface area contributed by atoms with Gasteiger partial charge in [0.05, 0.1) is 5.69 Å². The van der Waals surface area contributed by atoms with Crippen molar-refractivity contribution in [2.75, 3.05) is 5.32 Å². The molecule has 2 N–H and O–H groups in total. The molecule has 0 radical (unpaired) electrons. The molecule has 2 aromatic carbocycles. The van der Waals surface area contributed by atoms with E-state index in [9.17, 15) is 18.0 Å². The smallest absolute Gasteiger partial charge is 0.406 e. The number of aryl methyl sites for hydroxylation is 1. The fraction of sp³-hybridized carbons (Fsp3) is 0.158. The summed E-state index contributed by atoms with van der Waals surface area (Å²) in [5, 5.41) is 7.25. The molecule has 0 saturated heterocycles. The van der Waals surface area contributed by atoms with Crippen LogP contribution >= 0.6 is 0 Å². The number of halogens is 3. The van der Waals surface area contributed by atoms with Crippen LogP contribution in [-0.2, 0) is 6.54 Å². The summed E-state index contributed by atoms with van der Waals surface area (Å²) in [5.41, 5.74) is 2.14. The number of hydrogen-bond acceptors (Lipinski definition) is 3. The average molecular weight is 375 g/mol. The number of pyridine rings is 1. The molecule has 0 aliphatic carbocycles. The molecule has 0 bridgehead atoms. The highest BCUT2D eigenvalue weighted by atomic mass is 19.4. The molecule has 8 heteroatoms. The summed E-state index contributed by atoms with van der Waals surface area (Å²) in [6.45, 7) is 2.04. The molecular weight excluding hydrogens is 359 g/mol. The number of alkyl halides is 3. The van der Waals surface area contributed by atoms with Gasteiger partial charge >= 0.3 is 12.4 Å². The van der Waals surface area contributed by atoms with Gasteiger partial charge in [-0.05, 0) is 36.8 Å². The van der Waals surface area contributed by atoms with Gasteiger partial charge < -0.3 is 15.4 Å². The number of anilines is 1. The Balaban J connectivity index is 1.61. The van der Waals surface area contributed by atoms with Gasteiger partial charge in [-0.2, -0.15) is 0 Å². The summed E-state index contributed by atoms with van der Waals surface area (Å²) in [7, 11) is 0. The Morgan fingerprint density at radius 3 is 2.52 bits per heavy atom. The van der Waals surface area contributed by atoms with E-state index in [1.807, 2.05) is 25.1 Å². The van der Waals surface area contributed by atoms with E-state index >= 15 is 0 Å². The Bertz CT molecular complexity index is 957. The number of hydrogen-bond donors (Lipinski definition) is 2. The number of nitrogens with one attached hydrogen (secondary N) is 2. The lowest BCUT2D eigenvalue weighted by molar-refractivity contribution is -0.274. The largest absolute Gasteiger partial charge is 0.573 e. The molecular formula is C19H16F3N3O2. The third-order valence-electron chi connectivity index (χ3n) is 3.86. The minimum absolute atomic E-state index is 0.156. The molecule has 27 heavy (non-hydrogen) atoms. The number of fused-ring (bicyclic) bond motifs is 1.